The van der Waals surface area contributed by atoms with Crippen molar-refractivity contribution in [2.45, 2.75) is 27.7 Å². The first-order valence-corrected chi connectivity index (χ1v) is 8.32. The fraction of sp³-hybridized carbons (Fsp3) is 0.211. The average molecular weight is 346 g/mol. The molecule has 3 aromatic heterocycles. The van der Waals surface area contributed by atoms with Gasteiger partial charge in [-0.3, -0.25) is 4.79 Å². The third-order valence-electron chi connectivity index (χ3n) is 4.17. The van der Waals surface area contributed by atoms with Crippen molar-refractivity contribution in [1.29, 1.82) is 0 Å². The van der Waals surface area contributed by atoms with Gasteiger partial charge < -0.3 is 0 Å². The third kappa shape index (κ3) is 2.57. The van der Waals surface area contributed by atoms with E-state index in [0.717, 1.165) is 22.8 Å². The SMILES string of the molecule is Cc1cc(C)n(C(=O)c2nc3ccccc3nc2-n2nc(C)cc2C)n1. The molecule has 0 aliphatic rings. The van der Waals surface area contributed by atoms with Gasteiger partial charge in [0, 0.05) is 11.4 Å². The van der Waals surface area contributed by atoms with E-state index in [1.165, 1.54) is 4.68 Å². The quantitative estimate of drug-likeness (QED) is 0.558. The van der Waals surface area contributed by atoms with Crippen molar-refractivity contribution in [3.05, 3.63) is 64.9 Å². The van der Waals surface area contributed by atoms with Crippen LogP contribution in [0.15, 0.2) is 36.4 Å². The molecular weight excluding hydrogens is 328 g/mol. The second-order valence-electron chi connectivity index (χ2n) is 6.37. The monoisotopic (exact) mass is 346 g/mol. The van der Waals surface area contributed by atoms with E-state index in [0.29, 0.717) is 16.9 Å². The van der Waals surface area contributed by atoms with Crippen molar-refractivity contribution in [2.24, 2.45) is 0 Å². The molecular formula is C19H18N6O. The molecule has 4 aromatic rings. The van der Waals surface area contributed by atoms with E-state index in [4.69, 9.17) is 0 Å². The van der Waals surface area contributed by atoms with E-state index >= 15 is 0 Å². The number of para-hydroxylation sites is 2. The van der Waals surface area contributed by atoms with Crippen LogP contribution >= 0.6 is 0 Å². The van der Waals surface area contributed by atoms with Crippen LogP contribution in [0, 0.1) is 27.7 Å². The molecule has 7 nitrogen and oxygen atoms in total. The minimum atomic E-state index is -0.323. The van der Waals surface area contributed by atoms with Crippen molar-refractivity contribution in [1.82, 2.24) is 29.5 Å². The van der Waals surface area contributed by atoms with Crippen molar-refractivity contribution in [2.75, 3.05) is 0 Å². The third-order valence-corrected chi connectivity index (χ3v) is 4.17. The van der Waals surface area contributed by atoms with E-state index in [1.807, 2.05) is 64.1 Å². The molecule has 0 fully saturated rings. The molecule has 0 spiro atoms. The molecule has 0 unspecified atom stereocenters. The topological polar surface area (TPSA) is 78.5 Å². The fourth-order valence-electron chi connectivity index (χ4n) is 3.06. The number of hydrogen-bond donors (Lipinski definition) is 0. The maximum atomic E-state index is 13.2. The zero-order valence-electron chi connectivity index (χ0n) is 15.1. The number of aryl methyl sites for hydroxylation is 4. The van der Waals surface area contributed by atoms with Gasteiger partial charge in [-0.25, -0.2) is 14.6 Å². The van der Waals surface area contributed by atoms with Crippen LogP contribution in [0.4, 0.5) is 0 Å². The summed E-state index contributed by atoms with van der Waals surface area (Å²) in [5.74, 6) is 0.0864. The highest BCUT2D eigenvalue weighted by Gasteiger charge is 2.23. The van der Waals surface area contributed by atoms with E-state index in [2.05, 4.69) is 20.2 Å². The molecule has 0 N–H and O–H groups in total. The molecule has 7 heteroatoms. The number of benzene rings is 1. The van der Waals surface area contributed by atoms with Gasteiger partial charge in [-0.1, -0.05) is 12.1 Å². The summed E-state index contributed by atoms with van der Waals surface area (Å²) in [5, 5.41) is 8.78. The lowest BCUT2D eigenvalue weighted by molar-refractivity contribution is 0.0937. The Hall–Kier alpha value is -3.35. The Balaban J connectivity index is 2.00. The number of rotatable bonds is 2. The smallest absolute Gasteiger partial charge is 0.265 e. The fourth-order valence-corrected chi connectivity index (χ4v) is 3.06. The van der Waals surface area contributed by atoms with Crippen LogP contribution in [0.3, 0.4) is 0 Å². The van der Waals surface area contributed by atoms with Crippen LogP contribution in [0.1, 0.15) is 33.3 Å². The van der Waals surface area contributed by atoms with Crippen molar-refractivity contribution >= 4 is 16.9 Å². The van der Waals surface area contributed by atoms with Crippen molar-refractivity contribution in [3.8, 4) is 5.82 Å². The normalized spacial score (nSPS) is 11.2. The second kappa shape index (κ2) is 5.87. The van der Waals surface area contributed by atoms with Gasteiger partial charge in [0.05, 0.1) is 22.4 Å². The number of aromatic nitrogens is 6. The number of carbonyl (C=O) groups is 1. The van der Waals surface area contributed by atoms with Crippen LogP contribution in [0.2, 0.25) is 0 Å². The first-order valence-electron chi connectivity index (χ1n) is 8.32. The molecule has 3 heterocycles. The van der Waals surface area contributed by atoms with Gasteiger partial charge in [0.25, 0.3) is 0 Å². The van der Waals surface area contributed by atoms with Crippen LogP contribution in [0.25, 0.3) is 16.9 Å². The Morgan fingerprint density at radius 2 is 1.46 bits per heavy atom. The van der Waals surface area contributed by atoms with Crippen molar-refractivity contribution in [3.63, 3.8) is 0 Å². The Bertz CT molecular complexity index is 1150. The molecule has 4 rings (SSSR count). The Morgan fingerprint density at radius 3 is 2.04 bits per heavy atom. The summed E-state index contributed by atoms with van der Waals surface area (Å²) in [4.78, 5) is 22.5. The van der Waals surface area contributed by atoms with Crippen LogP contribution in [0.5, 0.6) is 0 Å². The van der Waals surface area contributed by atoms with Crippen LogP contribution in [-0.4, -0.2) is 35.4 Å². The zero-order chi connectivity index (χ0) is 18.4. The predicted octanol–water partition coefficient (Wildman–Crippen LogP) is 2.93. The Kier molecular flexibility index (Phi) is 3.64. The lowest BCUT2D eigenvalue weighted by atomic mass is 10.2. The van der Waals surface area contributed by atoms with Crippen LogP contribution < -0.4 is 0 Å². The molecule has 0 aliphatic heterocycles. The number of carbonyl (C=O) groups excluding carboxylic acids is 1. The van der Waals surface area contributed by atoms with E-state index in [9.17, 15) is 4.79 Å². The standard InChI is InChI=1S/C19H18N6O/c1-11-9-13(3)24(22-11)18-17(19(26)25-14(4)10-12(2)23-25)20-15-7-5-6-8-16(15)21-18/h5-10H,1-4H3. The summed E-state index contributed by atoms with van der Waals surface area (Å²) in [6, 6.07) is 11.3. The van der Waals surface area contributed by atoms with Gasteiger partial charge >= 0.3 is 5.91 Å². The largest absolute Gasteiger partial charge is 0.300 e. The summed E-state index contributed by atoms with van der Waals surface area (Å²) >= 11 is 0. The molecule has 0 saturated carbocycles. The zero-order valence-corrected chi connectivity index (χ0v) is 15.1. The average Bonchev–Trinajstić information content (AvgIpc) is 3.13. The first kappa shape index (κ1) is 16.1. The molecule has 0 aliphatic carbocycles. The van der Waals surface area contributed by atoms with E-state index < -0.39 is 0 Å². The lowest BCUT2D eigenvalue weighted by Gasteiger charge is -2.11. The second-order valence-corrected chi connectivity index (χ2v) is 6.37. The number of hydrogen-bond acceptors (Lipinski definition) is 5. The molecule has 0 radical (unpaired) electrons. The van der Waals surface area contributed by atoms with Gasteiger partial charge in [0.1, 0.15) is 0 Å². The molecule has 0 saturated heterocycles. The summed E-state index contributed by atoms with van der Waals surface area (Å²) in [7, 11) is 0. The van der Waals surface area contributed by atoms with E-state index in [1.54, 1.807) is 4.68 Å². The summed E-state index contributed by atoms with van der Waals surface area (Å²) in [6.45, 7) is 7.52. The highest BCUT2D eigenvalue weighted by atomic mass is 16.2. The van der Waals surface area contributed by atoms with Gasteiger partial charge in [-0.15, -0.1) is 0 Å². The maximum absolute atomic E-state index is 13.2. The Morgan fingerprint density at radius 1 is 0.846 bits per heavy atom. The highest BCUT2D eigenvalue weighted by Crippen LogP contribution is 2.19. The van der Waals surface area contributed by atoms with Gasteiger partial charge in [0.15, 0.2) is 11.5 Å². The summed E-state index contributed by atoms with van der Waals surface area (Å²) < 4.78 is 3.02. The molecule has 26 heavy (non-hydrogen) atoms. The number of fused-ring (bicyclic) bond motifs is 1. The minimum Gasteiger partial charge on any atom is -0.265 e. The van der Waals surface area contributed by atoms with Gasteiger partial charge in [-0.2, -0.15) is 14.9 Å². The van der Waals surface area contributed by atoms with Crippen molar-refractivity contribution < 1.29 is 4.79 Å². The first-order chi connectivity index (χ1) is 12.4. The molecule has 0 bridgehead atoms. The molecule has 1 aromatic carbocycles. The lowest BCUT2D eigenvalue weighted by Crippen LogP contribution is -2.21. The van der Waals surface area contributed by atoms with Gasteiger partial charge in [-0.05, 0) is 52.0 Å². The molecule has 130 valence electrons. The summed E-state index contributed by atoms with van der Waals surface area (Å²) in [6.07, 6.45) is 0. The van der Waals surface area contributed by atoms with E-state index in [-0.39, 0.29) is 11.6 Å². The molecule has 0 atom stereocenters. The number of nitrogens with zero attached hydrogens (tertiary/aromatic N) is 6. The van der Waals surface area contributed by atoms with Crippen LogP contribution in [-0.2, 0) is 0 Å². The predicted molar refractivity (Wildman–Crippen MR) is 97.6 cm³/mol. The maximum Gasteiger partial charge on any atom is 0.300 e. The molecule has 0 amide bonds. The minimum absolute atomic E-state index is 0.223. The van der Waals surface area contributed by atoms with Gasteiger partial charge in [0.2, 0.25) is 0 Å². The Labute approximate surface area is 150 Å². The highest BCUT2D eigenvalue weighted by molar-refractivity contribution is 5.98. The summed E-state index contributed by atoms with van der Waals surface area (Å²) in [5.41, 5.74) is 4.85.